The third-order valence-electron chi connectivity index (χ3n) is 2.99. The molecule has 0 fully saturated rings. The molecule has 0 aliphatic heterocycles. The van der Waals surface area contributed by atoms with E-state index in [0.717, 1.165) is 5.56 Å². The van der Waals surface area contributed by atoms with Gasteiger partial charge >= 0.3 is 0 Å². The number of carbonyl (C=O) groups is 1. The Bertz CT molecular complexity index is 638. The molecular formula is C17H17ClO3. The van der Waals surface area contributed by atoms with Crippen molar-refractivity contribution < 1.29 is 14.3 Å². The SMILES string of the molecule is CCOc1ccccc1C(=O)COc1ccc(Cl)c(C)c1. The molecule has 2 aromatic carbocycles. The number of para-hydroxylation sites is 1. The van der Waals surface area contributed by atoms with Gasteiger partial charge in [-0.2, -0.15) is 0 Å². The van der Waals surface area contributed by atoms with Crippen LogP contribution in [0.1, 0.15) is 22.8 Å². The fourth-order valence-corrected chi connectivity index (χ4v) is 2.03. The number of Topliss-reactive ketones (excluding diaryl/α,β-unsaturated/α-hetero) is 1. The summed E-state index contributed by atoms with van der Waals surface area (Å²) in [6.07, 6.45) is 0. The Morgan fingerprint density at radius 3 is 2.62 bits per heavy atom. The molecule has 0 unspecified atom stereocenters. The highest BCUT2D eigenvalue weighted by Crippen LogP contribution is 2.22. The molecule has 0 saturated heterocycles. The zero-order chi connectivity index (χ0) is 15.2. The number of aryl methyl sites for hydroxylation is 1. The van der Waals surface area contributed by atoms with Crippen molar-refractivity contribution in [1.29, 1.82) is 0 Å². The van der Waals surface area contributed by atoms with Gasteiger partial charge in [-0.1, -0.05) is 23.7 Å². The van der Waals surface area contributed by atoms with Crippen molar-refractivity contribution >= 4 is 17.4 Å². The zero-order valence-corrected chi connectivity index (χ0v) is 12.8. The summed E-state index contributed by atoms with van der Waals surface area (Å²) in [6.45, 7) is 4.25. The van der Waals surface area contributed by atoms with Gasteiger partial charge < -0.3 is 9.47 Å². The number of carbonyl (C=O) groups excluding carboxylic acids is 1. The summed E-state index contributed by atoms with van der Waals surface area (Å²) in [6, 6.07) is 12.5. The second-order valence-electron chi connectivity index (χ2n) is 4.55. The van der Waals surface area contributed by atoms with E-state index in [1.807, 2.05) is 32.0 Å². The monoisotopic (exact) mass is 304 g/mol. The van der Waals surface area contributed by atoms with E-state index < -0.39 is 0 Å². The lowest BCUT2D eigenvalue weighted by atomic mass is 10.1. The summed E-state index contributed by atoms with van der Waals surface area (Å²) < 4.78 is 11.0. The molecule has 0 aliphatic carbocycles. The molecule has 110 valence electrons. The molecule has 0 radical (unpaired) electrons. The van der Waals surface area contributed by atoms with Gasteiger partial charge in [-0.3, -0.25) is 4.79 Å². The lowest BCUT2D eigenvalue weighted by molar-refractivity contribution is 0.0917. The van der Waals surface area contributed by atoms with Crippen molar-refractivity contribution in [2.75, 3.05) is 13.2 Å². The minimum absolute atomic E-state index is 0.0365. The molecule has 4 heteroatoms. The minimum atomic E-state index is -0.119. The van der Waals surface area contributed by atoms with Crippen LogP contribution < -0.4 is 9.47 Å². The van der Waals surface area contributed by atoms with Crippen molar-refractivity contribution in [2.24, 2.45) is 0 Å². The quantitative estimate of drug-likeness (QED) is 0.746. The van der Waals surface area contributed by atoms with Crippen LogP contribution in [-0.4, -0.2) is 19.0 Å². The summed E-state index contributed by atoms with van der Waals surface area (Å²) >= 11 is 5.96. The van der Waals surface area contributed by atoms with Crippen molar-refractivity contribution in [1.82, 2.24) is 0 Å². The molecule has 0 saturated carbocycles. The smallest absolute Gasteiger partial charge is 0.203 e. The van der Waals surface area contributed by atoms with Crippen molar-refractivity contribution in [3.05, 3.63) is 58.6 Å². The number of ether oxygens (including phenoxy) is 2. The molecule has 0 atom stereocenters. The van der Waals surface area contributed by atoms with Gasteiger partial charge in [0.25, 0.3) is 0 Å². The van der Waals surface area contributed by atoms with E-state index >= 15 is 0 Å². The Kier molecular flexibility index (Phi) is 5.23. The summed E-state index contributed by atoms with van der Waals surface area (Å²) in [7, 11) is 0. The number of ketones is 1. The molecule has 21 heavy (non-hydrogen) atoms. The Hall–Kier alpha value is -2.00. The van der Waals surface area contributed by atoms with Crippen molar-refractivity contribution in [2.45, 2.75) is 13.8 Å². The summed E-state index contributed by atoms with van der Waals surface area (Å²) in [5, 5.41) is 0.676. The second kappa shape index (κ2) is 7.14. The molecule has 0 heterocycles. The lowest BCUT2D eigenvalue weighted by Crippen LogP contribution is -2.13. The van der Waals surface area contributed by atoms with E-state index in [2.05, 4.69) is 0 Å². The van der Waals surface area contributed by atoms with Crippen LogP contribution in [-0.2, 0) is 0 Å². The molecular weight excluding hydrogens is 288 g/mol. The molecule has 0 aromatic heterocycles. The van der Waals surface area contributed by atoms with Gasteiger partial charge in [0.1, 0.15) is 11.5 Å². The Morgan fingerprint density at radius 2 is 1.90 bits per heavy atom. The average Bonchev–Trinajstić information content (AvgIpc) is 2.49. The van der Waals surface area contributed by atoms with E-state index in [0.29, 0.717) is 28.7 Å². The maximum absolute atomic E-state index is 12.2. The van der Waals surface area contributed by atoms with Crippen LogP contribution in [0.15, 0.2) is 42.5 Å². The molecule has 2 aromatic rings. The van der Waals surface area contributed by atoms with Gasteiger partial charge in [0, 0.05) is 5.02 Å². The molecule has 2 rings (SSSR count). The first kappa shape index (κ1) is 15.4. The zero-order valence-electron chi connectivity index (χ0n) is 12.1. The molecule has 3 nitrogen and oxygen atoms in total. The third kappa shape index (κ3) is 3.99. The van der Waals surface area contributed by atoms with Crippen LogP contribution >= 0.6 is 11.6 Å². The van der Waals surface area contributed by atoms with Crippen LogP contribution in [0.2, 0.25) is 5.02 Å². The summed E-state index contributed by atoms with van der Waals surface area (Å²) in [5.74, 6) is 1.09. The van der Waals surface area contributed by atoms with Crippen molar-refractivity contribution in [3.8, 4) is 11.5 Å². The number of hydrogen-bond acceptors (Lipinski definition) is 3. The van der Waals surface area contributed by atoms with Gasteiger partial charge in [-0.15, -0.1) is 0 Å². The fourth-order valence-electron chi connectivity index (χ4n) is 1.91. The van der Waals surface area contributed by atoms with Gasteiger partial charge in [-0.05, 0) is 49.7 Å². The molecule has 0 spiro atoms. The van der Waals surface area contributed by atoms with Crippen LogP contribution in [0.25, 0.3) is 0 Å². The normalized spacial score (nSPS) is 10.2. The lowest BCUT2D eigenvalue weighted by Gasteiger charge is -2.10. The predicted octanol–water partition coefficient (Wildman–Crippen LogP) is 4.31. The summed E-state index contributed by atoms with van der Waals surface area (Å²) in [5.41, 5.74) is 1.45. The first-order chi connectivity index (χ1) is 10.1. The first-order valence-electron chi connectivity index (χ1n) is 6.75. The third-order valence-corrected chi connectivity index (χ3v) is 3.41. The molecule has 0 aliphatic rings. The maximum atomic E-state index is 12.2. The van der Waals surface area contributed by atoms with E-state index in [1.165, 1.54) is 0 Å². The largest absolute Gasteiger partial charge is 0.493 e. The number of benzene rings is 2. The fraction of sp³-hybridized carbons (Fsp3) is 0.235. The number of halogens is 1. The Balaban J connectivity index is 2.06. The number of rotatable bonds is 6. The molecule has 0 amide bonds. The predicted molar refractivity (Wildman–Crippen MR) is 83.6 cm³/mol. The van der Waals surface area contributed by atoms with E-state index in [4.69, 9.17) is 21.1 Å². The average molecular weight is 305 g/mol. The standard InChI is InChI=1S/C17H17ClO3/c1-3-20-17-7-5-4-6-14(17)16(19)11-21-13-8-9-15(18)12(2)10-13/h4-10H,3,11H2,1-2H3. The minimum Gasteiger partial charge on any atom is -0.493 e. The maximum Gasteiger partial charge on any atom is 0.203 e. The van der Waals surface area contributed by atoms with E-state index in [1.54, 1.807) is 24.3 Å². The van der Waals surface area contributed by atoms with Gasteiger partial charge in [0.15, 0.2) is 6.61 Å². The topological polar surface area (TPSA) is 35.5 Å². The number of hydrogen-bond donors (Lipinski definition) is 0. The van der Waals surface area contributed by atoms with E-state index in [-0.39, 0.29) is 12.4 Å². The second-order valence-corrected chi connectivity index (χ2v) is 4.96. The first-order valence-corrected chi connectivity index (χ1v) is 7.13. The summed E-state index contributed by atoms with van der Waals surface area (Å²) in [4.78, 5) is 12.2. The van der Waals surface area contributed by atoms with Gasteiger partial charge in [0.2, 0.25) is 5.78 Å². The Labute approximate surface area is 129 Å². The Morgan fingerprint density at radius 1 is 1.14 bits per heavy atom. The van der Waals surface area contributed by atoms with Crippen molar-refractivity contribution in [3.63, 3.8) is 0 Å². The van der Waals surface area contributed by atoms with Gasteiger partial charge in [-0.25, -0.2) is 0 Å². The molecule has 0 bridgehead atoms. The van der Waals surface area contributed by atoms with Gasteiger partial charge in [0.05, 0.1) is 12.2 Å². The van der Waals surface area contributed by atoms with Crippen LogP contribution in [0.4, 0.5) is 0 Å². The highest BCUT2D eigenvalue weighted by Gasteiger charge is 2.12. The van der Waals surface area contributed by atoms with E-state index in [9.17, 15) is 4.79 Å². The molecule has 0 N–H and O–H groups in total. The van der Waals surface area contributed by atoms with Crippen LogP contribution in [0.3, 0.4) is 0 Å². The highest BCUT2D eigenvalue weighted by molar-refractivity contribution is 6.31. The highest BCUT2D eigenvalue weighted by atomic mass is 35.5. The van der Waals surface area contributed by atoms with Crippen LogP contribution in [0, 0.1) is 6.92 Å². The van der Waals surface area contributed by atoms with Crippen LogP contribution in [0.5, 0.6) is 11.5 Å².